The Morgan fingerprint density at radius 3 is 2.65 bits per heavy atom. The topological polar surface area (TPSA) is 95.9 Å². The number of aliphatic hydroxyl groups is 1. The standard InChI is InChI=1S/C16H20N2O5/c1-10(19)11-5-4-6-13(7-11)23-9-12(20)8-18-14(21)16(2,3)17-15(18)22/h4-7,12,20H,8-9H2,1-3H3,(H,17,22). The van der Waals surface area contributed by atoms with E-state index in [0.717, 1.165) is 4.90 Å². The third-order valence-electron chi connectivity index (χ3n) is 3.52. The summed E-state index contributed by atoms with van der Waals surface area (Å²) in [6.07, 6.45) is -1.03. The van der Waals surface area contributed by atoms with Crippen LogP contribution in [0.2, 0.25) is 0 Å². The van der Waals surface area contributed by atoms with Crippen LogP contribution in [0.15, 0.2) is 24.3 Å². The van der Waals surface area contributed by atoms with Crippen molar-refractivity contribution in [2.24, 2.45) is 0 Å². The van der Waals surface area contributed by atoms with E-state index in [1.807, 2.05) is 0 Å². The normalized spacial score (nSPS) is 17.8. The number of urea groups is 1. The Bertz CT molecular complexity index is 641. The molecule has 124 valence electrons. The van der Waals surface area contributed by atoms with Crippen molar-refractivity contribution in [1.29, 1.82) is 0 Å². The molecule has 2 rings (SSSR count). The molecule has 7 nitrogen and oxygen atoms in total. The first-order chi connectivity index (χ1) is 10.7. The minimum atomic E-state index is -1.03. The Morgan fingerprint density at radius 1 is 1.39 bits per heavy atom. The van der Waals surface area contributed by atoms with Crippen LogP contribution in [-0.4, -0.2) is 52.5 Å². The second-order valence-corrected chi connectivity index (χ2v) is 6.02. The first-order valence-electron chi connectivity index (χ1n) is 7.26. The summed E-state index contributed by atoms with van der Waals surface area (Å²) in [6.45, 7) is 4.40. The van der Waals surface area contributed by atoms with Gasteiger partial charge in [-0.25, -0.2) is 4.79 Å². The maximum atomic E-state index is 12.0. The van der Waals surface area contributed by atoms with E-state index in [9.17, 15) is 19.5 Å². The van der Waals surface area contributed by atoms with Gasteiger partial charge in [-0.2, -0.15) is 0 Å². The number of β-amino-alcohol motifs (C(OH)–C–C–N with tert-alkyl or cyclic N) is 1. The van der Waals surface area contributed by atoms with Crippen LogP contribution in [0.3, 0.4) is 0 Å². The average molecular weight is 320 g/mol. The van der Waals surface area contributed by atoms with Crippen LogP contribution in [0.4, 0.5) is 4.79 Å². The van der Waals surface area contributed by atoms with Gasteiger partial charge in [0.25, 0.3) is 5.91 Å². The van der Waals surface area contributed by atoms with Gasteiger partial charge in [-0.3, -0.25) is 14.5 Å². The number of ketones is 1. The number of carbonyl (C=O) groups excluding carboxylic acids is 3. The zero-order valence-corrected chi connectivity index (χ0v) is 13.3. The van der Waals surface area contributed by atoms with Gasteiger partial charge < -0.3 is 15.2 Å². The Hall–Kier alpha value is -2.41. The first-order valence-corrected chi connectivity index (χ1v) is 7.26. The van der Waals surface area contributed by atoms with Crippen LogP contribution in [-0.2, 0) is 4.79 Å². The van der Waals surface area contributed by atoms with E-state index in [4.69, 9.17) is 4.74 Å². The van der Waals surface area contributed by atoms with Crippen LogP contribution in [0.1, 0.15) is 31.1 Å². The van der Waals surface area contributed by atoms with Crippen molar-refractivity contribution in [1.82, 2.24) is 10.2 Å². The van der Waals surface area contributed by atoms with Crippen LogP contribution >= 0.6 is 0 Å². The molecule has 7 heteroatoms. The number of hydrogen-bond donors (Lipinski definition) is 2. The monoisotopic (exact) mass is 320 g/mol. The Morgan fingerprint density at radius 2 is 2.09 bits per heavy atom. The summed E-state index contributed by atoms with van der Waals surface area (Å²) < 4.78 is 5.42. The molecule has 23 heavy (non-hydrogen) atoms. The molecule has 0 bridgehead atoms. The molecule has 1 aromatic carbocycles. The van der Waals surface area contributed by atoms with Crippen molar-refractivity contribution >= 4 is 17.7 Å². The van der Waals surface area contributed by atoms with Crippen molar-refractivity contribution in [3.63, 3.8) is 0 Å². The minimum absolute atomic E-state index is 0.0856. The highest BCUT2D eigenvalue weighted by atomic mass is 16.5. The van der Waals surface area contributed by atoms with Gasteiger partial charge in [0.15, 0.2) is 5.78 Å². The molecule has 0 spiro atoms. The molecule has 1 heterocycles. The number of benzene rings is 1. The lowest BCUT2D eigenvalue weighted by atomic mass is 10.1. The molecule has 1 aliphatic heterocycles. The number of nitrogens with one attached hydrogen (secondary N) is 1. The van der Waals surface area contributed by atoms with Gasteiger partial charge in [-0.1, -0.05) is 12.1 Å². The molecule has 1 fully saturated rings. The lowest BCUT2D eigenvalue weighted by Crippen LogP contribution is -2.42. The summed E-state index contributed by atoms with van der Waals surface area (Å²) in [6, 6.07) is 6.05. The summed E-state index contributed by atoms with van der Waals surface area (Å²) >= 11 is 0. The van der Waals surface area contributed by atoms with Crippen LogP contribution in [0.25, 0.3) is 0 Å². The molecular formula is C16H20N2O5. The number of ether oxygens (including phenoxy) is 1. The minimum Gasteiger partial charge on any atom is -0.491 e. The number of carbonyl (C=O) groups is 3. The molecule has 0 radical (unpaired) electrons. The van der Waals surface area contributed by atoms with E-state index in [1.165, 1.54) is 6.92 Å². The van der Waals surface area contributed by atoms with Crippen molar-refractivity contribution in [3.8, 4) is 5.75 Å². The predicted octanol–water partition coefficient (Wildman–Crippen LogP) is 0.959. The molecule has 1 saturated heterocycles. The van der Waals surface area contributed by atoms with Gasteiger partial charge in [0.1, 0.15) is 24.0 Å². The van der Waals surface area contributed by atoms with Crippen LogP contribution < -0.4 is 10.1 Å². The second-order valence-electron chi connectivity index (χ2n) is 6.02. The summed E-state index contributed by atoms with van der Waals surface area (Å²) in [4.78, 5) is 36.0. The smallest absolute Gasteiger partial charge is 0.325 e. The summed E-state index contributed by atoms with van der Waals surface area (Å²) in [5.41, 5.74) is -0.458. The molecule has 1 aliphatic rings. The van der Waals surface area contributed by atoms with E-state index in [2.05, 4.69) is 5.32 Å². The fourth-order valence-corrected chi connectivity index (χ4v) is 2.24. The van der Waals surface area contributed by atoms with Gasteiger partial charge in [0.05, 0.1) is 6.54 Å². The van der Waals surface area contributed by atoms with Crippen molar-refractivity contribution in [2.45, 2.75) is 32.4 Å². The van der Waals surface area contributed by atoms with Crippen molar-refractivity contribution < 1.29 is 24.2 Å². The lowest BCUT2D eigenvalue weighted by molar-refractivity contribution is -0.131. The lowest BCUT2D eigenvalue weighted by Gasteiger charge is -2.19. The van der Waals surface area contributed by atoms with E-state index < -0.39 is 17.7 Å². The molecule has 2 N–H and O–H groups in total. The van der Waals surface area contributed by atoms with Crippen LogP contribution in [0.5, 0.6) is 5.75 Å². The molecule has 0 aromatic heterocycles. The molecule has 1 aromatic rings. The van der Waals surface area contributed by atoms with Gasteiger partial charge in [0, 0.05) is 5.56 Å². The highest BCUT2D eigenvalue weighted by Crippen LogP contribution is 2.18. The summed E-state index contributed by atoms with van der Waals surface area (Å²) in [5.74, 6) is -0.0352. The maximum absolute atomic E-state index is 12.0. The first kappa shape index (κ1) is 17.0. The molecule has 3 amide bonds. The highest BCUT2D eigenvalue weighted by Gasteiger charge is 2.44. The molecule has 0 saturated carbocycles. The third kappa shape index (κ3) is 3.87. The SMILES string of the molecule is CC(=O)c1cccc(OCC(O)CN2C(=O)NC(C)(C)C2=O)c1. The van der Waals surface area contributed by atoms with Crippen molar-refractivity contribution in [2.75, 3.05) is 13.2 Å². The zero-order chi connectivity index (χ0) is 17.2. The number of imide groups is 1. The van der Waals surface area contributed by atoms with E-state index in [1.54, 1.807) is 38.1 Å². The molecule has 1 atom stereocenters. The second kappa shape index (κ2) is 6.37. The third-order valence-corrected chi connectivity index (χ3v) is 3.52. The largest absolute Gasteiger partial charge is 0.491 e. The number of nitrogens with zero attached hydrogens (tertiary/aromatic N) is 1. The summed E-state index contributed by atoms with van der Waals surface area (Å²) in [7, 11) is 0. The Labute approximate surface area is 134 Å². The van der Waals surface area contributed by atoms with Gasteiger partial charge >= 0.3 is 6.03 Å². The number of Topliss-reactive ketones (excluding diaryl/α,β-unsaturated/α-hetero) is 1. The molecule has 0 aliphatic carbocycles. The van der Waals surface area contributed by atoms with E-state index >= 15 is 0 Å². The Balaban J connectivity index is 1.92. The Kier molecular flexibility index (Phi) is 4.70. The van der Waals surface area contributed by atoms with Crippen molar-refractivity contribution in [3.05, 3.63) is 29.8 Å². The van der Waals surface area contributed by atoms with Gasteiger partial charge in [-0.05, 0) is 32.9 Å². The average Bonchev–Trinajstić information content (AvgIpc) is 2.67. The number of amides is 3. The number of aliphatic hydroxyl groups excluding tert-OH is 1. The van der Waals surface area contributed by atoms with E-state index in [0.29, 0.717) is 11.3 Å². The predicted molar refractivity (Wildman–Crippen MR) is 82.3 cm³/mol. The van der Waals surface area contributed by atoms with Gasteiger partial charge in [-0.15, -0.1) is 0 Å². The molecule has 1 unspecified atom stereocenters. The number of hydrogen-bond acceptors (Lipinski definition) is 5. The van der Waals surface area contributed by atoms with E-state index in [-0.39, 0.29) is 24.8 Å². The zero-order valence-electron chi connectivity index (χ0n) is 13.3. The molecular weight excluding hydrogens is 300 g/mol. The maximum Gasteiger partial charge on any atom is 0.325 e. The summed E-state index contributed by atoms with van der Waals surface area (Å²) in [5, 5.41) is 12.5. The number of rotatable bonds is 6. The fourth-order valence-electron chi connectivity index (χ4n) is 2.24. The highest BCUT2D eigenvalue weighted by molar-refractivity contribution is 6.06. The quantitative estimate of drug-likeness (QED) is 0.601. The van der Waals surface area contributed by atoms with Gasteiger partial charge in [0.2, 0.25) is 0 Å². The van der Waals surface area contributed by atoms with Crippen LogP contribution in [0, 0.1) is 0 Å². The fraction of sp³-hybridized carbons (Fsp3) is 0.438.